The summed E-state index contributed by atoms with van der Waals surface area (Å²) in [4.78, 5) is 78.6. The van der Waals surface area contributed by atoms with E-state index in [2.05, 4.69) is 26.3 Å². The maximum Gasteiger partial charge on any atom is 0.325 e. The Balaban J connectivity index is 2.19. The van der Waals surface area contributed by atoms with E-state index in [1.165, 1.54) is 6.92 Å². The summed E-state index contributed by atoms with van der Waals surface area (Å²) in [6.45, 7) is 4.94. The molecule has 248 valence electrons. The third-order valence-corrected chi connectivity index (χ3v) is 7.32. The maximum atomic E-state index is 13.5. The SMILES string of the molecule is CC(C)[C@H](NC(=O)[C@H](CCC(N)=O)NC(=O)[C@H](CCCCN)NC(=O)[C@@H](N)Cc1c[nH]c2ccccc12)C(=O)N[C@@H](C)C(=O)O. The molecule has 0 saturated heterocycles. The summed E-state index contributed by atoms with van der Waals surface area (Å²) in [6, 6.07) is 1.85. The van der Waals surface area contributed by atoms with E-state index in [1.54, 1.807) is 20.0 Å². The fourth-order valence-corrected chi connectivity index (χ4v) is 4.65. The topological polar surface area (TPSA) is 265 Å². The van der Waals surface area contributed by atoms with Crippen molar-refractivity contribution in [2.45, 2.75) is 89.5 Å². The third kappa shape index (κ3) is 11.5. The van der Waals surface area contributed by atoms with Crippen LogP contribution in [0.5, 0.6) is 0 Å². The molecular weight excluding hydrogens is 584 g/mol. The summed E-state index contributed by atoms with van der Waals surface area (Å²) in [6.07, 6.45) is 2.80. The Morgan fingerprint density at radius 2 is 1.47 bits per heavy atom. The van der Waals surface area contributed by atoms with Crippen LogP contribution < -0.4 is 38.5 Å². The Morgan fingerprint density at radius 3 is 2.09 bits per heavy atom. The normalized spacial score (nSPS) is 14.5. The van der Waals surface area contributed by atoms with E-state index in [1.807, 2.05) is 24.3 Å². The quantitative estimate of drug-likeness (QED) is 0.0872. The van der Waals surface area contributed by atoms with Crippen LogP contribution in [0.2, 0.25) is 0 Å². The highest BCUT2D eigenvalue weighted by Gasteiger charge is 2.32. The number of primary amides is 1. The van der Waals surface area contributed by atoms with E-state index in [0.717, 1.165) is 16.5 Å². The molecule has 45 heavy (non-hydrogen) atoms. The van der Waals surface area contributed by atoms with Gasteiger partial charge in [0.15, 0.2) is 0 Å². The number of unbranched alkanes of at least 4 members (excludes halogenated alkanes) is 1. The summed E-state index contributed by atoms with van der Waals surface area (Å²) in [5.74, 6) is -5.22. The molecule has 0 aliphatic rings. The van der Waals surface area contributed by atoms with Crippen LogP contribution >= 0.6 is 0 Å². The van der Waals surface area contributed by atoms with Gasteiger partial charge in [-0.25, -0.2) is 0 Å². The number of nitrogens with two attached hydrogens (primary N) is 3. The molecule has 15 nitrogen and oxygen atoms in total. The van der Waals surface area contributed by atoms with Gasteiger partial charge < -0.3 is 48.6 Å². The Morgan fingerprint density at radius 1 is 0.844 bits per heavy atom. The number of hydrogen-bond acceptors (Lipinski definition) is 8. The first-order valence-corrected chi connectivity index (χ1v) is 15.0. The van der Waals surface area contributed by atoms with Crippen molar-refractivity contribution in [2.75, 3.05) is 6.54 Å². The van der Waals surface area contributed by atoms with Crippen LogP contribution in [0.25, 0.3) is 10.9 Å². The van der Waals surface area contributed by atoms with Crippen LogP contribution in [0.4, 0.5) is 0 Å². The van der Waals surface area contributed by atoms with Gasteiger partial charge in [0.25, 0.3) is 0 Å². The fourth-order valence-electron chi connectivity index (χ4n) is 4.65. The first kappa shape index (κ1) is 36.7. The van der Waals surface area contributed by atoms with Gasteiger partial charge in [-0.1, -0.05) is 32.0 Å². The number of carboxylic acid groups (broad SMARTS) is 1. The van der Waals surface area contributed by atoms with Gasteiger partial charge in [0.1, 0.15) is 24.2 Å². The van der Waals surface area contributed by atoms with Crippen molar-refractivity contribution < 1.29 is 33.9 Å². The minimum absolute atomic E-state index is 0.186. The van der Waals surface area contributed by atoms with Crippen molar-refractivity contribution >= 4 is 46.4 Å². The Labute approximate surface area is 261 Å². The predicted molar refractivity (Wildman–Crippen MR) is 167 cm³/mol. The van der Waals surface area contributed by atoms with Gasteiger partial charge in [0, 0.05) is 23.5 Å². The molecule has 0 aliphatic heterocycles. The van der Waals surface area contributed by atoms with E-state index in [0.29, 0.717) is 19.4 Å². The van der Waals surface area contributed by atoms with Crippen molar-refractivity contribution in [1.29, 1.82) is 0 Å². The lowest BCUT2D eigenvalue weighted by Crippen LogP contribution is -2.59. The second kappa shape index (κ2) is 17.7. The van der Waals surface area contributed by atoms with Gasteiger partial charge in [-0.3, -0.25) is 28.8 Å². The van der Waals surface area contributed by atoms with Gasteiger partial charge in [0.2, 0.25) is 29.5 Å². The van der Waals surface area contributed by atoms with E-state index in [4.69, 9.17) is 22.3 Å². The van der Waals surface area contributed by atoms with Crippen LogP contribution in [0.15, 0.2) is 30.5 Å². The number of aliphatic carboxylic acids is 1. The van der Waals surface area contributed by atoms with E-state index >= 15 is 0 Å². The molecule has 5 atom stereocenters. The second-order valence-corrected chi connectivity index (χ2v) is 11.4. The number of para-hydroxylation sites is 1. The number of H-pyrrole nitrogens is 1. The molecule has 2 rings (SSSR count). The molecule has 2 aromatic rings. The number of benzene rings is 1. The van der Waals surface area contributed by atoms with E-state index < -0.39 is 71.6 Å². The number of fused-ring (bicyclic) bond motifs is 1. The van der Waals surface area contributed by atoms with Gasteiger partial charge in [-0.05, 0) is 63.1 Å². The van der Waals surface area contributed by atoms with Crippen molar-refractivity contribution in [1.82, 2.24) is 26.3 Å². The zero-order valence-corrected chi connectivity index (χ0v) is 25.9. The zero-order chi connectivity index (χ0) is 33.7. The maximum absolute atomic E-state index is 13.5. The minimum atomic E-state index is -1.30. The highest BCUT2D eigenvalue weighted by molar-refractivity contribution is 5.96. The average Bonchev–Trinajstić information content (AvgIpc) is 3.39. The third-order valence-electron chi connectivity index (χ3n) is 7.32. The molecular formula is C30H46N8O7. The van der Waals surface area contributed by atoms with E-state index in [-0.39, 0.29) is 25.7 Å². The molecule has 15 heteroatoms. The number of rotatable bonds is 19. The monoisotopic (exact) mass is 630 g/mol. The van der Waals surface area contributed by atoms with Gasteiger partial charge in [-0.2, -0.15) is 0 Å². The zero-order valence-electron chi connectivity index (χ0n) is 25.9. The molecule has 0 spiro atoms. The van der Waals surface area contributed by atoms with E-state index in [9.17, 15) is 28.8 Å². The van der Waals surface area contributed by atoms with Crippen LogP contribution in [0.1, 0.15) is 58.4 Å². The summed E-state index contributed by atoms with van der Waals surface area (Å²) in [5.41, 5.74) is 18.9. The number of aromatic amines is 1. The van der Waals surface area contributed by atoms with Crippen LogP contribution in [0.3, 0.4) is 0 Å². The Hall–Kier alpha value is -4.50. The standard InChI is InChI=1S/C30H46N8O7/c1-16(2)25(29(43)35-17(3)30(44)45)38-28(42)23(11-12-24(33)39)37-27(41)22(10-6-7-13-31)36-26(40)20(32)14-18-15-34-21-9-5-4-8-19(18)21/h4-5,8-9,15-17,20,22-23,25,34H,6-7,10-14,31-32H2,1-3H3,(H2,33,39)(H,35,43)(H,36,40)(H,37,41)(H,38,42)(H,44,45)/t17-,20-,22-,23-,25-/m0/s1. The summed E-state index contributed by atoms with van der Waals surface area (Å²) in [7, 11) is 0. The lowest BCUT2D eigenvalue weighted by atomic mass is 10.0. The summed E-state index contributed by atoms with van der Waals surface area (Å²) >= 11 is 0. The van der Waals surface area contributed by atoms with Crippen LogP contribution in [0, 0.1) is 5.92 Å². The molecule has 0 fully saturated rings. The molecule has 0 unspecified atom stereocenters. The van der Waals surface area contributed by atoms with Crippen LogP contribution in [-0.4, -0.2) is 82.3 Å². The largest absolute Gasteiger partial charge is 0.480 e. The lowest BCUT2D eigenvalue weighted by molar-refractivity contribution is -0.142. The fraction of sp³-hybridized carbons (Fsp3) is 0.533. The predicted octanol–water partition coefficient (Wildman–Crippen LogP) is -0.868. The molecule has 5 amide bonds. The van der Waals surface area contributed by atoms with Crippen molar-refractivity contribution in [2.24, 2.45) is 23.1 Å². The molecule has 1 aromatic heterocycles. The number of nitrogens with one attached hydrogen (secondary N) is 5. The number of carbonyl (C=O) groups is 6. The van der Waals surface area contributed by atoms with Gasteiger partial charge in [-0.15, -0.1) is 0 Å². The summed E-state index contributed by atoms with van der Waals surface area (Å²) < 4.78 is 0. The highest BCUT2D eigenvalue weighted by Crippen LogP contribution is 2.19. The van der Waals surface area contributed by atoms with Crippen molar-refractivity contribution in [3.63, 3.8) is 0 Å². The molecule has 0 aliphatic carbocycles. The Bertz CT molecular complexity index is 1340. The smallest absolute Gasteiger partial charge is 0.325 e. The lowest BCUT2D eigenvalue weighted by Gasteiger charge is -2.27. The number of amides is 5. The number of carboxylic acids is 1. The number of aromatic nitrogens is 1. The molecule has 0 bridgehead atoms. The first-order valence-electron chi connectivity index (χ1n) is 15.0. The minimum Gasteiger partial charge on any atom is -0.480 e. The van der Waals surface area contributed by atoms with Crippen molar-refractivity contribution in [3.05, 3.63) is 36.0 Å². The van der Waals surface area contributed by atoms with Crippen LogP contribution in [-0.2, 0) is 35.2 Å². The average molecular weight is 631 g/mol. The second-order valence-electron chi connectivity index (χ2n) is 11.4. The molecule has 1 aromatic carbocycles. The first-order chi connectivity index (χ1) is 21.2. The molecule has 1 heterocycles. The number of hydrogen-bond donors (Lipinski definition) is 9. The molecule has 0 radical (unpaired) electrons. The van der Waals surface area contributed by atoms with Crippen molar-refractivity contribution in [3.8, 4) is 0 Å². The van der Waals surface area contributed by atoms with Gasteiger partial charge in [0.05, 0.1) is 6.04 Å². The Kier molecular flexibility index (Phi) is 14.4. The molecule has 12 N–H and O–H groups in total. The number of carbonyl (C=O) groups excluding carboxylic acids is 5. The summed E-state index contributed by atoms with van der Waals surface area (Å²) in [5, 5.41) is 20.2. The molecule has 0 saturated carbocycles. The highest BCUT2D eigenvalue weighted by atomic mass is 16.4. The van der Waals surface area contributed by atoms with Gasteiger partial charge >= 0.3 is 5.97 Å².